The number of hydrogen-bond acceptors (Lipinski definition) is 2. The Hall–Kier alpha value is -0.310. The first-order valence-electron chi connectivity index (χ1n) is 4.64. The Balaban J connectivity index is 2.17. The van der Waals surface area contributed by atoms with Crippen LogP contribution in [0.4, 0.5) is 0 Å². The lowest BCUT2D eigenvalue weighted by atomic mass is 10.1. The second kappa shape index (κ2) is 3.69. The van der Waals surface area contributed by atoms with E-state index in [2.05, 4.69) is 10.3 Å². The fourth-order valence-electron chi connectivity index (χ4n) is 1.60. The summed E-state index contributed by atoms with van der Waals surface area (Å²) in [6.45, 7) is 0. The van der Waals surface area contributed by atoms with Crippen LogP contribution in [0.25, 0.3) is 0 Å². The van der Waals surface area contributed by atoms with Crippen molar-refractivity contribution >= 4 is 23.2 Å². The minimum absolute atomic E-state index is 0.263. The minimum atomic E-state index is 0.263. The van der Waals surface area contributed by atoms with Crippen molar-refractivity contribution in [1.29, 1.82) is 0 Å². The Morgan fingerprint density at radius 1 is 1.50 bits per heavy atom. The lowest BCUT2D eigenvalue weighted by Crippen LogP contribution is -2.29. The van der Waals surface area contributed by atoms with Gasteiger partial charge in [0.2, 0.25) is 0 Å². The first kappa shape index (κ1) is 10.2. The maximum Gasteiger partial charge on any atom is 0.130 e. The van der Waals surface area contributed by atoms with E-state index in [-0.39, 0.29) is 5.54 Å². The van der Waals surface area contributed by atoms with Gasteiger partial charge in [-0.25, -0.2) is 4.98 Å². The molecule has 1 fully saturated rings. The Labute approximate surface area is 93.6 Å². The zero-order valence-corrected chi connectivity index (χ0v) is 9.49. The van der Waals surface area contributed by atoms with E-state index < -0.39 is 0 Å². The van der Waals surface area contributed by atoms with Gasteiger partial charge < -0.3 is 5.32 Å². The number of aromatic nitrogens is 1. The summed E-state index contributed by atoms with van der Waals surface area (Å²) in [4.78, 5) is 4.04. The molecular weight excluding hydrogens is 219 g/mol. The van der Waals surface area contributed by atoms with Gasteiger partial charge in [-0.3, -0.25) is 0 Å². The summed E-state index contributed by atoms with van der Waals surface area (Å²) in [5, 5.41) is 4.49. The number of nitrogens with one attached hydrogen (secondary N) is 1. The summed E-state index contributed by atoms with van der Waals surface area (Å²) >= 11 is 11.8. The van der Waals surface area contributed by atoms with Crippen molar-refractivity contribution in [3.8, 4) is 0 Å². The van der Waals surface area contributed by atoms with Crippen LogP contribution in [0.1, 0.15) is 18.4 Å². The van der Waals surface area contributed by atoms with Crippen LogP contribution in [-0.4, -0.2) is 17.6 Å². The summed E-state index contributed by atoms with van der Waals surface area (Å²) in [6, 6.07) is 1.70. The molecule has 0 saturated heterocycles. The number of halogens is 2. The second-order valence-corrected chi connectivity index (χ2v) is 4.60. The highest BCUT2D eigenvalue weighted by Gasteiger charge is 2.41. The molecule has 2 nitrogen and oxygen atoms in total. The third-order valence-corrected chi connectivity index (χ3v) is 3.37. The van der Waals surface area contributed by atoms with Crippen molar-refractivity contribution in [2.75, 3.05) is 7.05 Å². The number of hydrogen-bond donors (Lipinski definition) is 1. The highest BCUT2D eigenvalue weighted by molar-refractivity contribution is 6.34. The molecule has 0 unspecified atom stereocenters. The van der Waals surface area contributed by atoms with Gasteiger partial charge in [-0.2, -0.15) is 0 Å². The van der Waals surface area contributed by atoms with Gasteiger partial charge in [0.05, 0.1) is 0 Å². The molecular formula is C10H12Cl2N2. The van der Waals surface area contributed by atoms with Crippen molar-refractivity contribution in [3.63, 3.8) is 0 Å². The molecule has 1 aliphatic carbocycles. The molecule has 0 bridgehead atoms. The van der Waals surface area contributed by atoms with E-state index in [1.807, 2.05) is 7.05 Å². The van der Waals surface area contributed by atoms with Gasteiger partial charge >= 0.3 is 0 Å². The van der Waals surface area contributed by atoms with E-state index in [0.717, 1.165) is 12.0 Å². The number of rotatable bonds is 3. The lowest BCUT2D eigenvalue weighted by molar-refractivity contribution is 0.548. The second-order valence-electron chi connectivity index (χ2n) is 3.81. The summed E-state index contributed by atoms with van der Waals surface area (Å²) in [5.74, 6) is 0. The standard InChI is InChI=1S/C10H12Cl2N2/c1-13-10(2-3-10)5-7-6-14-9(12)4-8(7)11/h4,6,13H,2-3,5H2,1H3. The van der Waals surface area contributed by atoms with Crippen LogP contribution in [0, 0.1) is 0 Å². The molecule has 4 heteroatoms. The van der Waals surface area contributed by atoms with Crippen LogP contribution >= 0.6 is 23.2 Å². The molecule has 0 amide bonds. The molecule has 0 aromatic carbocycles. The highest BCUT2D eigenvalue weighted by Crippen LogP contribution is 2.39. The number of pyridine rings is 1. The van der Waals surface area contributed by atoms with E-state index in [9.17, 15) is 0 Å². The van der Waals surface area contributed by atoms with E-state index in [0.29, 0.717) is 10.2 Å². The molecule has 1 aliphatic rings. The van der Waals surface area contributed by atoms with Gasteiger partial charge in [0.25, 0.3) is 0 Å². The van der Waals surface area contributed by atoms with Crippen molar-refractivity contribution in [2.24, 2.45) is 0 Å². The minimum Gasteiger partial charge on any atom is -0.314 e. The molecule has 0 aliphatic heterocycles. The van der Waals surface area contributed by atoms with Crippen LogP contribution in [0.2, 0.25) is 10.2 Å². The Bertz CT molecular complexity index is 348. The van der Waals surface area contributed by atoms with Crippen molar-refractivity contribution < 1.29 is 0 Å². The third kappa shape index (κ3) is 2.02. The highest BCUT2D eigenvalue weighted by atomic mass is 35.5. The Morgan fingerprint density at radius 3 is 2.71 bits per heavy atom. The Morgan fingerprint density at radius 2 is 2.21 bits per heavy atom. The van der Waals surface area contributed by atoms with Crippen LogP contribution in [0.5, 0.6) is 0 Å². The first-order chi connectivity index (χ1) is 6.65. The largest absolute Gasteiger partial charge is 0.314 e. The van der Waals surface area contributed by atoms with Crippen molar-refractivity contribution in [3.05, 3.63) is 28.0 Å². The van der Waals surface area contributed by atoms with E-state index in [1.165, 1.54) is 12.8 Å². The van der Waals surface area contributed by atoms with Gasteiger partial charge in [0, 0.05) is 16.8 Å². The maximum absolute atomic E-state index is 6.07. The molecule has 1 heterocycles. The monoisotopic (exact) mass is 230 g/mol. The number of likely N-dealkylation sites (N-methyl/N-ethyl adjacent to an activating group) is 1. The van der Waals surface area contributed by atoms with Crippen LogP contribution in [0.15, 0.2) is 12.3 Å². The Kier molecular flexibility index (Phi) is 2.69. The molecule has 0 spiro atoms. The zero-order valence-electron chi connectivity index (χ0n) is 7.98. The quantitative estimate of drug-likeness (QED) is 0.809. The third-order valence-electron chi connectivity index (χ3n) is 2.81. The van der Waals surface area contributed by atoms with E-state index in [1.54, 1.807) is 12.3 Å². The summed E-state index contributed by atoms with van der Waals surface area (Å²) < 4.78 is 0. The molecule has 0 atom stereocenters. The maximum atomic E-state index is 6.07. The molecule has 14 heavy (non-hydrogen) atoms. The topological polar surface area (TPSA) is 24.9 Å². The van der Waals surface area contributed by atoms with Gasteiger partial charge in [-0.15, -0.1) is 0 Å². The summed E-state index contributed by atoms with van der Waals surface area (Å²) in [7, 11) is 1.99. The molecule has 76 valence electrons. The summed E-state index contributed by atoms with van der Waals surface area (Å²) in [6.07, 6.45) is 5.12. The normalized spacial score (nSPS) is 18.2. The first-order valence-corrected chi connectivity index (χ1v) is 5.40. The predicted molar refractivity (Wildman–Crippen MR) is 59.0 cm³/mol. The van der Waals surface area contributed by atoms with Crippen LogP contribution < -0.4 is 5.32 Å². The molecule has 1 saturated carbocycles. The zero-order chi connectivity index (χ0) is 10.2. The van der Waals surface area contributed by atoms with Gasteiger partial charge in [0.1, 0.15) is 5.15 Å². The van der Waals surface area contributed by atoms with Gasteiger partial charge in [0.15, 0.2) is 0 Å². The van der Waals surface area contributed by atoms with E-state index >= 15 is 0 Å². The molecule has 2 rings (SSSR count). The fourth-order valence-corrected chi connectivity index (χ4v) is 2.03. The molecule has 1 aromatic heterocycles. The van der Waals surface area contributed by atoms with Gasteiger partial charge in [-0.05, 0) is 37.9 Å². The smallest absolute Gasteiger partial charge is 0.130 e. The molecule has 1 aromatic rings. The summed E-state index contributed by atoms with van der Waals surface area (Å²) in [5.41, 5.74) is 1.34. The lowest BCUT2D eigenvalue weighted by Gasteiger charge is -2.14. The SMILES string of the molecule is CNC1(Cc2cnc(Cl)cc2Cl)CC1. The van der Waals surface area contributed by atoms with Crippen LogP contribution in [-0.2, 0) is 6.42 Å². The molecule has 1 N–H and O–H groups in total. The predicted octanol–water partition coefficient (Wildman–Crippen LogP) is 2.68. The van der Waals surface area contributed by atoms with Crippen molar-refractivity contribution in [2.45, 2.75) is 24.8 Å². The van der Waals surface area contributed by atoms with Crippen molar-refractivity contribution in [1.82, 2.24) is 10.3 Å². The number of nitrogens with zero attached hydrogens (tertiary/aromatic N) is 1. The average molecular weight is 231 g/mol. The molecule has 0 radical (unpaired) electrons. The fraction of sp³-hybridized carbons (Fsp3) is 0.500. The van der Waals surface area contributed by atoms with Gasteiger partial charge in [-0.1, -0.05) is 23.2 Å². The van der Waals surface area contributed by atoms with Crippen LogP contribution in [0.3, 0.4) is 0 Å². The average Bonchev–Trinajstić information content (AvgIpc) is 2.91. The van der Waals surface area contributed by atoms with E-state index in [4.69, 9.17) is 23.2 Å².